The second kappa shape index (κ2) is 6.08. The van der Waals surface area contributed by atoms with E-state index in [4.69, 9.17) is 4.74 Å². The maximum Gasteiger partial charge on any atom is 0.217 e. The number of ether oxygens (including phenoxy) is 1. The molecule has 1 aliphatic carbocycles. The van der Waals surface area contributed by atoms with Gasteiger partial charge in [0.1, 0.15) is 0 Å². The van der Waals surface area contributed by atoms with Crippen molar-refractivity contribution in [3.63, 3.8) is 0 Å². The van der Waals surface area contributed by atoms with Gasteiger partial charge in [-0.05, 0) is 32.6 Å². The Balaban J connectivity index is 2.11. The minimum atomic E-state index is -0.141. The summed E-state index contributed by atoms with van der Waals surface area (Å²) < 4.78 is 5.67. The van der Waals surface area contributed by atoms with Crippen LogP contribution < -0.4 is 5.32 Å². The van der Waals surface area contributed by atoms with Crippen molar-refractivity contribution in [2.75, 3.05) is 6.61 Å². The van der Waals surface area contributed by atoms with Crippen molar-refractivity contribution in [2.45, 2.75) is 57.8 Å². The maximum atomic E-state index is 10.7. The van der Waals surface area contributed by atoms with E-state index in [1.54, 1.807) is 0 Å². The maximum absolute atomic E-state index is 10.7. The highest BCUT2D eigenvalue weighted by molar-refractivity contribution is 5.73. The van der Waals surface area contributed by atoms with Gasteiger partial charge in [-0.2, -0.15) is 0 Å². The second-order valence-corrected chi connectivity index (χ2v) is 4.37. The summed E-state index contributed by atoms with van der Waals surface area (Å²) in [5, 5.41) is 12.1. The molecule has 4 nitrogen and oxygen atoms in total. The molecule has 0 unspecified atom stereocenters. The molecule has 1 rings (SSSR count). The number of hydrogen-bond acceptors (Lipinski definition) is 3. The predicted octanol–water partition coefficient (Wildman–Crippen LogP) is 0.831. The fourth-order valence-corrected chi connectivity index (χ4v) is 1.88. The first-order valence-corrected chi connectivity index (χ1v) is 5.64. The standard InChI is InChI=1S/C11H21NO3/c1-8(12-9(2)13)7-15-11-5-3-10(14)4-6-11/h8,10-11,14H,3-7H2,1-2H3,(H,12,13)/t8-,10-,11-/m0/s1. The Hall–Kier alpha value is -0.610. The Morgan fingerprint density at radius 1 is 1.47 bits per heavy atom. The lowest BCUT2D eigenvalue weighted by Crippen LogP contribution is -2.36. The van der Waals surface area contributed by atoms with E-state index in [-0.39, 0.29) is 24.2 Å². The van der Waals surface area contributed by atoms with Crippen LogP contribution in [0, 0.1) is 0 Å². The van der Waals surface area contributed by atoms with Gasteiger partial charge in [-0.25, -0.2) is 0 Å². The molecular weight excluding hydrogens is 194 g/mol. The van der Waals surface area contributed by atoms with Gasteiger partial charge in [-0.15, -0.1) is 0 Å². The van der Waals surface area contributed by atoms with Gasteiger partial charge in [0.2, 0.25) is 5.91 Å². The molecule has 0 aromatic heterocycles. The van der Waals surface area contributed by atoms with Crippen LogP contribution in [0.1, 0.15) is 39.5 Å². The van der Waals surface area contributed by atoms with Crippen LogP contribution in [-0.4, -0.2) is 35.9 Å². The molecule has 0 aromatic carbocycles. The number of nitrogens with one attached hydrogen (secondary N) is 1. The summed E-state index contributed by atoms with van der Waals surface area (Å²) in [6.45, 7) is 3.99. The Bertz CT molecular complexity index is 200. The van der Waals surface area contributed by atoms with Gasteiger partial charge in [0.05, 0.1) is 18.8 Å². The van der Waals surface area contributed by atoms with Crippen molar-refractivity contribution in [2.24, 2.45) is 0 Å². The summed E-state index contributed by atoms with van der Waals surface area (Å²) in [5.41, 5.74) is 0. The Morgan fingerprint density at radius 2 is 2.07 bits per heavy atom. The first kappa shape index (κ1) is 12.5. The Kier molecular flexibility index (Phi) is 5.05. The molecule has 15 heavy (non-hydrogen) atoms. The molecule has 1 saturated carbocycles. The van der Waals surface area contributed by atoms with E-state index < -0.39 is 0 Å². The van der Waals surface area contributed by atoms with Crippen molar-refractivity contribution < 1.29 is 14.6 Å². The highest BCUT2D eigenvalue weighted by atomic mass is 16.5. The number of aliphatic hydroxyl groups excluding tert-OH is 1. The van der Waals surface area contributed by atoms with E-state index >= 15 is 0 Å². The van der Waals surface area contributed by atoms with Crippen molar-refractivity contribution >= 4 is 5.91 Å². The molecule has 0 aliphatic heterocycles. The third-order valence-electron chi connectivity index (χ3n) is 2.68. The number of rotatable bonds is 4. The van der Waals surface area contributed by atoms with E-state index in [0.717, 1.165) is 25.7 Å². The van der Waals surface area contributed by atoms with Crippen molar-refractivity contribution in [3.05, 3.63) is 0 Å². The second-order valence-electron chi connectivity index (χ2n) is 4.37. The molecule has 0 saturated heterocycles. The molecule has 0 aromatic rings. The van der Waals surface area contributed by atoms with Crippen molar-refractivity contribution in [1.82, 2.24) is 5.32 Å². The van der Waals surface area contributed by atoms with Crippen LogP contribution in [0.5, 0.6) is 0 Å². The topological polar surface area (TPSA) is 58.6 Å². The third kappa shape index (κ3) is 5.14. The monoisotopic (exact) mass is 215 g/mol. The van der Waals surface area contributed by atoms with Crippen LogP contribution >= 0.6 is 0 Å². The van der Waals surface area contributed by atoms with Crippen LogP contribution in [0.25, 0.3) is 0 Å². The molecule has 0 bridgehead atoms. The SMILES string of the molecule is CC(=O)N[C@@H](C)CO[C@H]1CC[C@H](O)CC1. The van der Waals surface area contributed by atoms with Gasteiger partial charge in [-0.3, -0.25) is 4.79 Å². The molecule has 2 N–H and O–H groups in total. The quantitative estimate of drug-likeness (QED) is 0.730. The van der Waals surface area contributed by atoms with Gasteiger partial charge >= 0.3 is 0 Å². The van der Waals surface area contributed by atoms with Crippen LogP contribution in [0.4, 0.5) is 0 Å². The normalized spacial score (nSPS) is 28.5. The summed E-state index contributed by atoms with van der Waals surface area (Å²) in [6.07, 6.45) is 3.63. The first-order valence-electron chi connectivity index (χ1n) is 5.64. The predicted molar refractivity (Wildman–Crippen MR) is 57.5 cm³/mol. The Labute approximate surface area is 91.0 Å². The van der Waals surface area contributed by atoms with Gasteiger partial charge in [0.15, 0.2) is 0 Å². The number of amides is 1. The van der Waals surface area contributed by atoms with Crippen LogP contribution in [0.15, 0.2) is 0 Å². The van der Waals surface area contributed by atoms with Crippen molar-refractivity contribution in [3.8, 4) is 0 Å². The summed E-state index contributed by atoms with van der Waals surface area (Å²) in [4.78, 5) is 10.7. The average molecular weight is 215 g/mol. The minimum Gasteiger partial charge on any atom is -0.393 e. The lowest BCUT2D eigenvalue weighted by atomic mass is 9.95. The third-order valence-corrected chi connectivity index (χ3v) is 2.68. The number of aliphatic hydroxyl groups is 1. The molecule has 0 radical (unpaired) electrons. The highest BCUT2D eigenvalue weighted by Crippen LogP contribution is 2.20. The lowest BCUT2D eigenvalue weighted by molar-refractivity contribution is -0.120. The molecule has 1 fully saturated rings. The molecule has 88 valence electrons. The minimum absolute atomic E-state index is 0.0230. The molecule has 4 heteroatoms. The van der Waals surface area contributed by atoms with E-state index in [1.807, 2.05) is 6.92 Å². The highest BCUT2D eigenvalue weighted by Gasteiger charge is 2.20. The Morgan fingerprint density at radius 3 is 2.60 bits per heavy atom. The smallest absolute Gasteiger partial charge is 0.217 e. The molecule has 0 heterocycles. The van der Waals surface area contributed by atoms with Gasteiger partial charge in [-0.1, -0.05) is 0 Å². The van der Waals surface area contributed by atoms with Crippen LogP contribution in [0.3, 0.4) is 0 Å². The molecule has 1 amide bonds. The fourth-order valence-electron chi connectivity index (χ4n) is 1.88. The zero-order valence-electron chi connectivity index (χ0n) is 9.53. The average Bonchev–Trinajstić information content (AvgIpc) is 2.16. The van der Waals surface area contributed by atoms with Crippen LogP contribution in [0.2, 0.25) is 0 Å². The summed E-state index contributed by atoms with van der Waals surface area (Å²) in [7, 11) is 0. The summed E-state index contributed by atoms with van der Waals surface area (Å²) in [6, 6.07) is 0.0642. The fraction of sp³-hybridized carbons (Fsp3) is 0.909. The van der Waals surface area contributed by atoms with Crippen molar-refractivity contribution in [1.29, 1.82) is 0 Å². The van der Waals surface area contributed by atoms with Gasteiger partial charge in [0, 0.05) is 13.0 Å². The zero-order chi connectivity index (χ0) is 11.3. The number of hydrogen-bond donors (Lipinski definition) is 2. The van der Waals surface area contributed by atoms with Crippen LogP contribution in [-0.2, 0) is 9.53 Å². The first-order chi connectivity index (χ1) is 7.08. The van der Waals surface area contributed by atoms with E-state index in [0.29, 0.717) is 6.61 Å². The summed E-state index contributed by atoms with van der Waals surface area (Å²) >= 11 is 0. The van der Waals surface area contributed by atoms with E-state index in [9.17, 15) is 9.90 Å². The molecule has 1 aliphatic rings. The lowest BCUT2D eigenvalue weighted by Gasteiger charge is -2.26. The van der Waals surface area contributed by atoms with Gasteiger partial charge in [0.25, 0.3) is 0 Å². The largest absolute Gasteiger partial charge is 0.393 e. The molecular formula is C11H21NO3. The van der Waals surface area contributed by atoms with E-state index in [1.165, 1.54) is 6.92 Å². The zero-order valence-corrected chi connectivity index (χ0v) is 9.53. The van der Waals surface area contributed by atoms with Gasteiger partial charge < -0.3 is 15.2 Å². The summed E-state index contributed by atoms with van der Waals surface area (Å²) in [5.74, 6) is -0.0230. The number of carbonyl (C=O) groups excluding carboxylic acids is 1. The number of carbonyl (C=O) groups is 1. The molecule has 1 atom stereocenters. The molecule has 0 spiro atoms. The van der Waals surface area contributed by atoms with E-state index in [2.05, 4.69) is 5.32 Å².